The second kappa shape index (κ2) is 6.43. The molecule has 22 heavy (non-hydrogen) atoms. The first kappa shape index (κ1) is 15.0. The number of fused-ring (bicyclic) bond motifs is 1. The fourth-order valence-corrected chi connectivity index (χ4v) is 3.26. The third-order valence-electron chi connectivity index (χ3n) is 4.56. The predicted molar refractivity (Wildman–Crippen MR) is 86.1 cm³/mol. The summed E-state index contributed by atoms with van der Waals surface area (Å²) in [5.41, 5.74) is 4.51. The summed E-state index contributed by atoms with van der Waals surface area (Å²) in [6.45, 7) is 3.74. The zero-order valence-electron chi connectivity index (χ0n) is 12.6. The fourth-order valence-electron chi connectivity index (χ4n) is 3.26. The molecule has 0 aliphatic heterocycles. The normalized spacial score (nSPS) is 17.1. The van der Waals surface area contributed by atoms with Gasteiger partial charge in [-0.05, 0) is 72.4 Å². The molecule has 1 unspecified atom stereocenters. The van der Waals surface area contributed by atoms with Gasteiger partial charge in [0.15, 0.2) is 11.6 Å². The molecular formula is C20H20F2. The third kappa shape index (κ3) is 3.11. The van der Waals surface area contributed by atoms with E-state index in [4.69, 9.17) is 0 Å². The lowest BCUT2D eigenvalue weighted by Crippen LogP contribution is -2.13. The van der Waals surface area contributed by atoms with Gasteiger partial charge in [-0.1, -0.05) is 30.3 Å². The molecule has 0 N–H and O–H groups in total. The topological polar surface area (TPSA) is 0 Å². The average molecular weight is 298 g/mol. The lowest BCUT2D eigenvalue weighted by Gasteiger charge is -2.25. The van der Waals surface area contributed by atoms with E-state index in [-0.39, 0.29) is 0 Å². The molecular weight excluding hydrogens is 278 g/mol. The molecule has 1 aliphatic rings. The van der Waals surface area contributed by atoms with Crippen molar-refractivity contribution in [2.75, 3.05) is 0 Å². The van der Waals surface area contributed by atoms with Crippen molar-refractivity contribution in [1.29, 1.82) is 0 Å². The molecule has 0 spiro atoms. The van der Waals surface area contributed by atoms with Crippen LogP contribution in [0.5, 0.6) is 0 Å². The maximum absolute atomic E-state index is 13.4. The van der Waals surface area contributed by atoms with Crippen LogP contribution in [0, 0.1) is 11.6 Å². The summed E-state index contributed by atoms with van der Waals surface area (Å²) < 4.78 is 26.7. The molecule has 1 atom stereocenters. The van der Waals surface area contributed by atoms with Crippen molar-refractivity contribution in [2.45, 2.75) is 38.0 Å². The van der Waals surface area contributed by atoms with Crippen LogP contribution in [0.2, 0.25) is 0 Å². The Bertz CT molecular complexity index is 671. The smallest absolute Gasteiger partial charge is 0.159 e. The van der Waals surface area contributed by atoms with E-state index < -0.39 is 11.6 Å². The van der Waals surface area contributed by atoms with Gasteiger partial charge in [0.25, 0.3) is 0 Å². The van der Waals surface area contributed by atoms with Gasteiger partial charge in [0.05, 0.1) is 0 Å². The van der Waals surface area contributed by atoms with Gasteiger partial charge in [-0.2, -0.15) is 0 Å². The fraction of sp³-hybridized carbons (Fsp3) is 0.300. The Hall–Kier alpha value is -1.96. The maximum Gasteiger partial charge on any atom is 0.159 e. The van der Waals surface area contributed by atoms with Crippen LogP contribution in [-0.2, 0) is 19.3 Å². The molecule has 1 aliphatic carbocycles. The first-order valence-electron chi connectivity index (χ1n) is 7.84. The minimum atomic E-state index is -0.737. The molecule has 0 radical (unpaired) electrons. The Morgan fingerprint density at radius 3 is 2.41 bits per heavy atom. The van der Waals surface area contributed by atoms with E-state index in [0.717, 1.165) is 43.2 Å². The predicted octanol–water partition coefficient (Wildman–Crippen LogP) is 5.36. The van der Waals surface area contributed by atoms with Crippen LogP contribution in [0.1, 0.15) is 41.0 Å². The SMILES string of the molecule is C=CCCc1ccc(C2CCc3cc(F)c(F)cc3C2)cc1. The van der Waals surface area contributed by atoms with Crippen molar-refractivity contribution < 1.29 is 8.78 Å². The van der Waals surface area contributed by atoms with Crippen LogP contribution in [-0.4, -0.2) is 0 Å². The Kier molecular flexibility index (Phi) is 4.37. The molecule has 114 valence electrons. The zero-order chi connectivity index (χ0) is 15.5. The number of allylic oxidation sites excluding steroid dienone is 1. The highest BCUT2D eigenvalue weighted by Gasteiger charge is 2.22. The van der Waals surface area contributed by atoms with Crippen molar-refractivity contribution in [1.82, 2.24) is 0 Å². The van der Waals surface area contributed by atoms with E-state index in [1.165, 1.54) is 23.3 Å². The summed E-state index contributed by atoms with van der Waals surface area (Å²) in [6, 6.07) is 11.4. The van der Waals surface area contributed by atoms with Crippen LogP contribution >= 0.6 is 0 Å². The molecule has 0 heterocycles. The molecule has 2 aromatic carbocycles. The first-order chi connectivity index (χ1) is 10.7. The summed E-state index contributed by atoms with van der Waals surface area (Å²) in [5.74, 6) is -1.08. The standard InChI is InChI=1S/C20H20F2/c1-2-3-4-14-5-7-15(8-6-14)16-9-10-17-12-19(21)20(22)13-18(17)11-16/h2,5-8,12-13,16H,1,3-4,9-11H2. The number of hydrogen-bond acceptors (Lipinski definition) is 0. The summed E-state index contributed by atoms with van der Waals surface area (Å²) >= 11 is 0. The van der Waals surface area contributed by atoms with Gasteiger partial charge < -0.3 is 0 Å². The molecule has 0 bridgehead atoms. The Labute approximate surface area is 130 Å². The van der Waals surface area contributed by atoms with Gasteiger partial charge in [0, 0.05) is 0 Å². The van der Waals surface area contributed by atoms with Gasteiger partial charge in [-0.25, -0.2) is 8.78 Å². The maximum atomic E-state index is 13.4. The number of halogens is 2. The van der Waals surface area contributed by atoms with E-state index in [1.54, 1.807) is 0 Å². The molecule has 2 heteroatoms. The van der Waals surface area contributed by atoms with Gasteiger partial charge in [-0.3, -0.25) is 0 Å². The molecule has 3 rings (SSSR count). The Morgan fingerprint density at radius 2 is 1.73 bits per heavy atom. The average Bonchev–Trinajstić information content (AvgIpc) is 2.54. The molecule has 0 amide bonds. The quantitative estimate of drug-likeness (QED) is 0.667. The lowest BCUT2D eigenvalue weighted by molar-refractivity contribution is 0.496. The van der Waals surface area contributed by atoms with E-state index >= 15 is 0 Å². The third-order valence-corrected chi connectivity index (χ3v) is 4.56. The minimum absolute atomic E-state index is 0.394. The van der Waals surface area contributed by atoms with E-state index in [2.05, 4.69) is 30.8 Å². The van der Waals surface area contributed by atoms with Crippen LogP contribution in [0.25, 0.3) is 0 Å². The molecule has 0 aromatic heterocycles. The van der Waals surface area contributed by atoms with Crippen LogP contribution in [0.4, 0.5) is 8.78 Å². The van der Waals surface area contributed by atoms with E-state index in [1.807, 2.05) is 6.08 Å². The summed E-state index contributed by atoms with van der Waals surface area (Å²) in [5, 5.41) is 0. The minimum Gasteiger partial charge on any atom is -0.204 e. The second-order valence-corrected chi connectivity index (χ2v) is 6.04. The molecule has 2 aromatic rings. The highest BCUT2D eigenvalue weighted by atomic mass is 19.2. The Morgan fingerprint density at radius 1 is 1.05 bits per heavy atom. The van der Waals surface area contributed by atoms with Gasteiger partial charge in [0.1, 0.15) is 0 Å². The van der Waals surface area contributed by atoms with Crippen LogP contribution in [0.3, 0.4) is 0 Å². The van der Waals surface area contributed by atoms with Crippen molar-refractivity contribution in [2.24, 2.45) is 0 Å². The van der Waals surface area contributed by atoms with E-state index in [9.17, 15) is 8.78 Å². The van der Waals surface area contributed by atoms with Gasteiger partial charge >= 0.3 is 0 Å². The summed E-state index contributed by atoms with van der Waals surface area (Å²) in [6.07, 6.45) is 6.53. The van der Waals surface area contributed by atoms with Crippen LogP contribution in [0.15, 0.2) is 49.1 Å². The molecule has 0 nitrogen and oxygen atoms in total. The van der Waals surface area contributed by atoms with Crippen molar-refractivity contribution in [3.05, 3.63) is 82.9 Å². The van der Waals surface area contributed by atoms with Crippen molar-refractivity contribution in [3.8, 4) is 0 Å². The van der Waals surface area contributed by atoms with Crippen LogP contribution < -0.4 is 0 Å². The van der Waals surface area contributed by atoms with Crippen molar-refractivity contribution >= 4 is 0 Å². The van der Waals surface area contributed by atoms with Gasteiger partial charge in [0.2, 0.25) is 0 Å². The van der Waals surface area contributed by atoms with Crippen molar-refractivity contribution in [3.63, 3.8) is 0 Å². The number of rotatable bonds is 4. The van der Waals surface area contributed by atoms with E-state index in [0.29, 0.717) is 5.92 Å². The zero-order valence-corrected chi connectivity index (χ0v) is 12.6. The largest absolute Gasteiger partial charge is 0.204 e. The number of aryl methyl sites for hydroxylation is 2. The lowest BCUT2D eigenvalue weighted by atomic mass is 9.80. The van der Waals surface area contributed by atoms with Gasteiger partial charge in [-0.15, -0.1) is 6.58 Å². The summed E-state index contributed by atoms with van der Waals surface area (Å²) in [4.78, 5) is 0. The summed E-state index contributed by atoms with van der Waals surface area (Å²) in [7, 11) is 0. The monoisotopic (exact) mass is 298 g/mol. The molecule has 0 fully saturated rings. The number of benzene rings is 2. The number of hydrogen-bond donors (Lipinski definition) is 0. The molecule has 0 saturated carbocycles. The highest BCUT2D eigenvalue weighted by molar-refractivity contribution is 5.35. The second-order valence-electron chi connectivity index (χ2n) is 6.04. The highest BCUT2D eigenvalue weighted by Crippen LogP contribution is 2.33. The first-order valence-corrected chi connectivity index (χ1v) is 7.84. The Balaban J connectivity index is 1.76. The molecule has 0 saturated heterocycles.